The molecule has 1 fully saturated rings. The quantitative estimate of drug-likeness (QED) is 0.918. The Kier molecular flexibility index (Phi) is 4.48. The van der Waals surface area contributed by atoms with E-state index in [9.17, 15) is 0 Å². The third-order valence-electron chi connectivity index (χ3n) is 3.22. The molecule has 0 aromatic carbocycles. The Morgan fingerprint density at radius 3 is 2.80 bits per heavy atom. The van der Waals surface area contributed by atoms with Crippen LogP contribution in [0.5, 0.6) is 5.88 Å². The molecule has 0 bridgehead atoms. The molecular weight excluding hydrogens is 254 g/mol. The third kappa shape index (κ3) is 4.34. The SMILES string of the molecule is Cc1cc(OC(C)C)nc(NC2CCOC(C)(C)C2)n1. The number of hydrogen-bond donors (Lipinski definition) is 1. The fourth-order valence-corrected chi connectivity index (χ4v) is 2.44. The highest BCUT2D eigenvalue weighted by molar-refractivity contribution is 5.32. The Bertz CT molecular complexity index is 460. The number of hydrogen-bond acceptors (Lipinski definition) is 5. The lowest BCUT2D eigenvalue weighted by Crippen LogP contribution is -2.40. The van der Waals surface area contributed by atoms with Crippen LogP contribution >= 0.6 is 0 Å². The van der Waals surface area contributed by atoms with Gasteiger partial charge in [-0.3, -0.25) is 0 Å². The second-order valence-electron chi connectivity index (χ2n) is 6.28. The molecule has 1 aliphatic heterocycles. The third-order valence-corrected chi connectivity index (χ3v) is 3.22. The predicted molar refractivity (Wildman–Crippen MR) is 79.2 cm³/mol. The van der Waals surface area contributed by atoms with Crippen LogP contribution in [-0.4, -0.2) is 34.3 Å². The molecule has 1 aliphatic rings. The highest BCUT2D eigenvalue weighted by atomic mass is 16.5. The zero-order chi connectivity index (χ0) is 14.8. The summed E-state index contributed by atoms with van der Waals surface area (Å²) in [6.45, 7) is 10.9. The molecule has 2 rings (SSSR count). The van der Waals surface area contributed by atoms with Gasteiger partial charge in [-0.2, -0.15) is 4.98 Å². The van der Waals surface area contributed by atoms with Gasteiger partial charge in [0.2, 0.25) is 11.8 Å². The van der Waals surface area contributed by atoms with Crippen molar-refractivity contribution in [2.24, 2.45) is 0 Å². The normalized spacial score (nSPS) is 21.8. The van der Waals surface area contributed by atoms with Crippen molar-refractivity contribution in [1.82, 2.24) is 9.97 Å². The van der Waals surface area contributed by atoms with Gasteiger partial charge in [-0.15, -0.1) is 0 Å². The van der Waals surface area contributed by atoms with E-state index in [1.807, 2.05) is 26.8 Å². The molecule has 1 aromatic heterocycles. The highest BCUT2D eigenvalue weighted by Gasteiger charge is 2.29. The molecule has 1 saturated heterocycles. The minimum absolute atomic E-state index is 0.0863. The van der Waals surface area contributed by atoms with Crippen LogP contribution in [0, 0.1) is 6.92 Å². The van der Waals surface area contributed by atoms with E-state index >= 15 is 0 Å². The number of nitrogens with one attached hydrogen (secondary N) is 1. The minimum atomic E-state index is -0.0863. The summed E-state index contributed by atoms with van der Waals surface area (Å²) in [6, 6.07) is 2.20. The van der Waals surface area contributed by atoms with Crippen LogP contribution in [0.1, 0.15) is 46.2 Å². The van der Waals surface area contributed by atoms with Crippen molar-refractivity contribution in [3.8, 4) is 5.88 Å². The Morgan fingerprint density at radius 2 is 2.15 bits per heavy atom. The fourth-order valence-electron chi connectivity index (χ4n) is 2.44. The summed E-state index contributed by atoms with van der Waals surface area (Å²) in [5.41, 5.74) is 0.821. The fraction of sp³-hybridized carbons (Fsp3) is 0.733. The highest BCUT2D eigenvalue weighted by Crippen LogP contribution is 2.26. The van der Waals surface area contributed by atoms with Crippen LogP contribution in [0.25, 0.3) is 0 Å². The van der Waals surface area contributed by atoms with E-state index in [0.29, 0.717) is 17.9 Å². The van der Waals surface area contributed by atoms with E-state index in [-0.39, 0.29) is 11.7 Å². The molecule has 2 heterocycles. The summed E-state index contributed by atoms with van der Waals surface area (Å²) >= 11 is 0. The molecule has 20 heavy (non-hydrogen) atoms. The lowest BCUT2D eigenvalue weighted by atomic mass is 9.94. The van der Waals surface area contributed by atoms with Gasteiger partial charge in [0.15, 0.2) is 0 Å². The van der Waals surface area contributed by atoms with Gasteiger partial charge in [-0.05, 0) is 47.5 Å². The average molecular weight is 279 g/mol. The Labute approximate surface area is 121 Å². The van der Waals surface area contributed by atoms with Crippen LogP contribution in [0.3, 0.4) is 0 Å². The molecular formula is C15H25N3O2. The maximum atomic E-state index is 5.73. The average Bonchev–Trinajstić information content (AvgIpc) is 2.25. The van der Waals surface area contributed by atoms with Gasteiger partial charge in [0, 0.05) is 24.4 Å². The topological polar surface area (TPSA) is 56.3 Å². The molecule has 0 radical (unpaired) electrons. The molecule has 0 aliphatic carbocycles. The van der Waals surface area contributed by atoms with Gasteiger partial charge in [0.05, 0.1) is 11.7 Å². The molecule has 0 spiro atoms. The predicted octanol–water partition coefficient (Wildman–Crippen LogP) is 2.94. The summed E-state index contributed by atoms with van der Waals surface area (Å²) in [4.78, 5) is 8.87. The van der Waals surface area contributed by atoms with Crippen molar-refractivity contribution < 1.29 is 9.47 Å². The van der Waals surface area contributed by atoms with Gasteiger partial charge >= 0.3 is 0 Å². The molecule has 1 aromatic rings. The van der Waals surface area contributed by atoms with Gasteiger partial charge < -0.3 is 14.8 Å². The van der Waals surface area contributed by atoms with Crippen molar-refractivity contribution in [2.75, 3.05) is 11.9 Å². The van der Waals surface area contributed by atoms with E-state index < -0.39 is 0 Å². The molecule has 5 nitrogen and oxygen atoms in total. The monoisotopic (exact) mass is 279 g/mol. The van der Waals surface area contributed by atoms with Crippen LogP contribution in [0.4, 0.5) is 5.95 Å². The summed E-state index contributed by atoms with van der Waals surface area (Å²) < 4.78 is 11.4. The van der Waals surface area contributed by atoms with Crippen molar-refractivity contribution in [3.05, 3.63) is 11.8 Å². The van der Waals surface area contributed by atoms with Crippen molar-refractivity contribution in [2.45, 2.75) is 65.2 Å². The first kappa shape index (κ1) is 15.0. The van der Waals surface area contributed by atoms with Gasteiger partial charge in [0.25, 0.3) is 0 Å². The zero-order valence-electron chi connectivity index (χ0n) is 13.1. The maximum Gasteiger partial charge on any atom is 0.226 e. The summed E-state index contributed by atoms with van der Waals surface area (Å²) in [6.07, 6.45) is 2.03. The number of nitrogens with zero attached hydrogens (tertiary/aromatic N) is 2. The summed E-state index contributed by atoms with van der Waals surface area (Å²) in [5, 5.41) is 3.41. The zero-order valence-corrected chi connectivity index (χ0v) is 13.1. The molecule has 5 heteroatoms. The Hall–Kier alpha value is -1.36. The largest absolute Gasteiger partial charge is 0.475 e. The van der Waals surface area contributed by atoms with Crippen LogP contribution < -0.4 is 10.1 Å². The minimum Gasteiger partial charge on any atom is -0.475 e. The first-order valence-corrected chi connectivity index (χ1v) is 7.27. The van der Waals surface area contributed by atoms with Gasteiger partial charge in [-0.1, -0.05) is 0 Å². The molecule has 0 amide bonds. The summed E-state index contributed by atoms with van der Waals surface area (Å²) in [7, 11) is 0. The number of ether oxygens (including phenoxy) is 2. The first-order chi connectivity index (χ1) is 9.34. The van der Waals surface area contributed by atoms with Crippen molar-refractivity contribution in [3.63, 3.8) is 0 Å². The van der Waals surface area contributed by atoms with Crippen molar-refractivity contribution in [1.29, 1.82) is 0 Å². The number of rotatable bonds is 4. The molecule has 1 atom stereocenters. The number of aryl methyl sites for hydroxylation is 1. The van der Waals surface area contributed by atoms with E-state index in [1.54, 1.807) is 0 Å². The second-order valence-corrected chi connectivity index (χ2v) is 6.28. The lowest BCUT2D eigenvalue weighted by molar-refractivity contribution is -0.0554. The van der Waals surface area contributed by atoms with Crippen LogP contribution in [0.2, 0.25) is 0 Å². The van der Waals surface area contributed by atoms with E-state index in [1.165, 1.54) is 0 Å². The van der Waals surface area contributed by atoms with Crippen molar-refractivity contribution >= 4 is 5.95 Å². The maximum absolute atomic E-state index is 5.73. The molecule has 1 N–H and O–H groups in total. The van der Waals surface area contributed by atoms with E-state index in [0.717, 1.165) is 25.1 Å². The first-order valence-electron chi connectivity index (χ1n) is 7.27. The van der Waals surface area contributed by atoms with Gasteiger partial charge in [0.1, 0.15) is 0 Å². The second kappa shape index (κ2) is 5.95. The van der Waals surface area contributed by atoms with E-state index in [4.69, 9.17) is 9.47 Å². The van der Waals surface area contributed by atoms with Crippen LogP contribution in [0.15, 0.2) is 6.07 Å². The standard InChI is InChI=1S/C15H25N3O2/c1-10(2)20-13-8-11(3)16-14(18-13)17-12-6-7-19-15(4,5)9-12/h8,10,12H,6-7,9H2,1-5H3,(H,16,17,18). The van der Waals surface area contributed by atoms with Crippen LogP contribution in [-0.2, 0) is 4.74 Å². The van der Waals surface area contributed by atoms with E-state index in [2.05, 4.69) is 29.1 Å². The summed E-state index contributed by atoms with van der Waals surface area (Å²) in [5.74, 6) is 1.27. The lowest BCUT2D eigenvalue weighted by Gasteiger charge is -2.35. The molecule has 112 valence electrons. The molecule has 1 unspecified atom stereocenters. The number of aromatic nitrogens is 2. The smallest absolute Gasteiger partial charge is 0.226 e. The number of anilines is 1. The molecule has 0 saturated carbocycles. The van der Waals surface area contributed by atoms with Gasteiger partial charge in [-0.25, -0.2) is 4.98 Å². The Balaban J connectivity index is 2.07. The Morgan fingerprint density at radius 1 is 1.40 bits per heavy atom.